The second-order valence-corrected chi connectivity index (χ2v) is 4.88. The molecule has 0 heterocycles. The van der Waals surface area contributed by atoms with Crippen molar-refractivity contribution < 1.29 is 9.72 Å². The van der Waals surface area contributed by atoms with Gasteiger partial charge < -0.3 is 0 Å². The number of carbonyl (C=O) groups is 1. The highest BCUT2D eigenvalue weighted by molar-refractivity contribution is 6.30. The van der Waals surface area contributed by atoms with Crippen LogP contribution in [-0.4, -0.2) is 17.0 Å². The summed E-state index contributed by atoms with van der Waals surface area (Å²) in [4.78, 5) is 21.7. The van der Waals surface area contributed by atoms with Gasteiger partial charge in [0.25, 0.3) is 5.69 Å². The Morgan fingerprint density at radius 2 is 2.00 bits per heavy atom. The topological polar surface area (TPSA) is 84.6 Å². The summed E-state index contributed by atoms with van der Waals surface area (Å²) in [5.41, 5.74) is 3.81. The Morgan fingerprint density at radius 1 is 1.27 bits per heavy atom. The normalized spacial score (nSPS) is 10.6. The molecule has 22 heavy (non-hydrogen) atoms. The lowest BCUT2D eigenvalue weighted by molar-refractivity contribution is -0.384. The second-order valence-electron chi connectivity index (χ2n) is 4.45. The van der Waals surface area contributed by atoms with Crippen molar-refractivity contribution in [3.8, 4) is 0 Å². The average molecular weight is 318 g/mol. The van der Waals surface area contributed by atoms with Gasteiger partial charge in [0.2, 0.25) is 5.91 Å². The first-order valence-corrected chi connectivity index (χ1v) is 6.73. The molecule has 2 aromatic carbocycles. The standard InChI is InChI=1S/C15H12ClN3O3/c16-13-3-1-2-12(8-13)10-17-18-15(20)9-11-4-6-14(7-5-11)19(21)22/h1-8,10H,9H2,(H,18,20)/b17-10-. The van der Waals surface area contributed by atoms with Crippen LogP contribution in [0.1, 0.15) is 11.1 Å². The van der Waals surface area contributed by atoms with Crippen molar-refractivity contribution >= 4 is 29.4 Å². The van der Waals surface area contributed by atoms with E-state index >= 15 is 0 Å². The number of rotatable bonds is 5. The minimum Gasteiger partial charge on any atom is -0.273 e. The highest BCUT2D eigenvalue weighted by atomic mass is 35.5. The zero-order chi connectivity index (χ0) is 15.9. The summed E-state index contributed by atoms with van der Waals surface area (Å²) in [6, 6.07) is 12.8. The molecule has 1 N–H and O–H groups in total. The van der Waals surface area contributed by atoms with E-state index in [2.05, 4.69) is 10.5 Å². The van der Waals surface area contributed by atoms with Gasteiger partial charge in [0.15, 0.2) is 0 Å². The largest absolute Gasteiger partial charge is 0.273 e. The van der Waals surface area contributed by atoms with Gasteiger partial charge in [-0.2, -0.15) is 5.10 Å². The van der Waals surface area contributed by atoms with E-state index in [1.807, 2.05) is 0 Å². The molecule has 0 unspecified atom stereocenters. The van der Waals surface area contributed by atoms with Crippen LogP contribution in [0, 0.1) is 10.1 Å². The van der Waals surface area contributed by atoms with Crippen LogP contribution in [0.15, 0.2) is 53.6 Å². The number of hydrogen-bond acceptors (Lipinski definition) is 4. The molecule has 2 aromatic rings. The van der Waals surface area contributed by atoms with Gasteiger partial charge in [-0.3, -0.25) is 14.9 Å². The molecule has 0 aromatic heterocycles. The molecular formula is C15H12ClN3O3. The molecule has 0 aliphatic rings. The first-order chi connectivity index (χ1) is 10.5. The summed E-state index contributed by atoms with van der Waals surface area (Å²) in [6.07, 6.45) is 1.57. The maximum atomic E-state index is 11.7. The molecule has 1 amide bonds. The van der Waals surface area contributed by atoms with Gasteiger partial charge in [-0.25, -0.2) is 5.43 Å². The summed E-state index contributed by atoms with van der Waals surface area (Å²) < 4.78 is 0. The van der Waals surface area contributed by atoms with Crippen LogP contribution in [0.4, 0.5) is 5.69 Å². The molecule has 112 valence electrons. The molecule has 7 heteroatoms. The third-order valence-corrected chi connectivity index (χ3v) is 3.00. The molecule has 2 rings (SSSR count). The lowest BCUT2D eigenvalue weighted by atomic mass is 10.1. The van der Waals surface area contributed by atoms with Crippen molar-refractivity contribution in [2.45, 2.75) is 6.42 Å². The van der Waals surface area contributed by atoms with Crippen LogP contribution in [0.2, 0.25) is 5.02 Å². The van der Waals surface area contributed by atoms with Gasteiger partial charge >= 0.3 is 0 Å². The van der Waals surface area contributed by atoms with E-state index in [1.165, 1.54) is 18.3 Å². The Morgan fingerprint density at radius 3 is 2.64 bits per heavy atom. The first kappa shape index (κ1) is 15.7. The Kier molecular flexibility index (Phi) is 5.21. The second kappa shape index (κ2) is 7.33. The van der Waals surface area contributed by atoms with Crippen molar-refractivity contribution in [2.75, 3.05) is 0 Å². The Balaban J connectivity index is 1.89. The molecule has 0 aliphatic carbocycles. The number of benzene rings is 2. The van der Waals surface area contributed by atoms with E-state index in [1.54, 1.807) is 36.4 Å². The minimum atomic E-state index is -0.487. The predicted molar refractivity (Wildman–Crippen MR) is 84.0 cm³/mol. The smallest absolute Gasteiger partial charge is 0.269 e. The average Bonchev–Trinajstić information content (AvgIpc) is 2.48. The van der Waals surface area contributed by atoms with E-state index < -0.39 is 4.92 Å². The van der Waals surface area contributed by atoms with Crippen LogP contribution >= 0.6 is 11.6 Å². The van der Waals surface area contributed by atoms with Crippen molar-refractivity contribution in [1.82, 2.24) is 5.43 Å². The first-order valence-electron chi connectivity index (χ1n) is 6.35. The fourth-order valence-corrected chi connectivity index (χ4v) is 1.92. The molecule has 0 atom stereocenters. The summed E-state index contributed by atoms with van der Waals surface area (Å²) in [5, 5.41) is 14.9. The predicted octanol–water partition coefficient (Wildman–Crippen LogP) is 2.94. The molecule has 0 saturated carbocycles. The van der Waals surface area contributed by atoms with Gasteiger partial charge in [-0.1, -0.05) is 35.9 Å². The van der Waals surface area contributed by atoms with Crippen molar-refractivity contribution in [2.24, 2.45) is 5.10 Å². The van der Waals surface area contributed by atoms with Crippen LogP contribution in [0.25, 0.3) is 0 Å². The number of amides is 1. The molecule has 0 spiro atoms. The zero-order valence-electron chi connectivity index (χ0n) is 11.4. The SMILES string of the molecule is O=C(Cc1ccc([N+](=O)[O-])cc1)N/N=C\c1cccc(Cl)c1. The van der Waals surface area contributed by atoms with Crippen LogP contribution in [0.3, 0.4) is 0 Å². The summed E-state index contributed by atoms with van der Waals surface area (Å²) in [6.45, 7) is 0. The van der Waals surface area contributed by atoms with Crippen molar-refractivity contribution in [1.29, 1.82) is 0 Å². The Hall–Kier alpha value is -2.73. The maximum Gasteiger partial charge on any atom is 0.269 e. The molecule has 0 radical (unpaired) electrons. The maximum absolute atomic E-state index is 11.7. The van der Waals surface area contributed by atoms with Gasteiger partial charge in [-0.05, 0) is 23.3 Å². The van der Waals surface area contributed by atoms with Crippen LogP contribution in [-0.2, 0) is 11.2 Å². The van der Waals surface area contributed by atoms with Gasteiger partial charge in [-0.15, -0.1) is 0 Å². The summed E-state index contributed by atoms with van der Waals surface area (Å²) in [5.74, 6) is -0.313. The molecule has 0 saturated heterocycles. The van der Waals surface area contributed by atoms with Crippen molar-refractivity contribution in [3.05, 3.63) is 74.8 Å². The number of halogens is 1. The third kappa shape index (κ3) is 4.68. The number of nitrogens with one attached hydrogen (secondary N) is 1. The van der Waals surface area contributed by atoms with E-state index in [4.69, 9.17) is 11.6 Å². The molecule has 6 nitrogen and oxygen atoms in total. The number of nitrogens with zero attached hydrogens (tertiary/aromatic N) is 2. The number of non-ortho nitro benzene ring substituents is 1. The van der Waals surface area contributed by atoms with Gasteiger partial charge in [0.1, 0.15) is 0 Å². The zero-order valence-corrected chi connectivity index (χ0v) is 12.2. The van der Waals surface area contributed by atoms with E-state index in [0.29, 0.717) is 10.6 Å². The molecular weight excluding hydrogens is 306 g/mol. The summed E-state index contributed by atoms with van der Waals surface area (Å²) >= 11 is 5.83. The Bertz CT molecular complexity index is 714. The van der Waals surface area contributed by atoms with E-state index in [9.17, 15) is 14.9 Å². The van der Waals surface area contributed by atoms with E-state index in [-0.39, 0.29) is 18.0 Å². The molecule has 0 aliphatic heterocycles. The monoisotopic (exact) mass is 317 g/mol. The number of hydrogen-bond donors (Lipinski definition) is 1. The highest BCUT2D eigenvalue weighted by Gasteiger charge is 2.06. The minimum absolute atomic E-state index is 0.0110. The van der Waals surface area contributed by atoms with E-state index in [0.717, 1.165) is 5.56 Å². The number of nitro benzene ring substituents is 1. The lowest BCUT2D eigenvalue weighted by Gasteiger charge is -2.00. The fraction of sp³-hybridized carbons (Fsp3) is 0.0667. The number of carbonyl (C=O) groups excluding carboxylic acids is 1. The quantitative estimate of drug-likeness (QED) is 0.522. The number of nitro groups is 1. The lowest BCUT2D eigenvalue weighted by Crippen LogP contribution is -2.19. The number of hydrazone groups is 1. The summed E-state index contributed by atoms with van der Waals surface area (Å²) in [7, 11) is 0. The van der Waals surface area contributed by atoms with Crippen LogP contribution < -0.4 is 5.43 Å². The van der Waals surface area contributed by atoms with Crippen molar-refractivity contribution in [3.63, 3.8) is 0 Å². The van der Waals surface area contributed by atoms with Crippen LogP contribution in [0.5, 0.6) is 0 Å². The molecule has 0 bridgehead atoms. The van der Waals surface area contributed by atoms with Gasteiger partial charge in [0, 0.05) is 17.2 Å². The fourth-order valence-electron chi connectivity index (χ4n) is 1.73. The molecule has 0 fully saturated rings. The van der Waals surface area contributed by atoms with Gasteiger partial charge in [0.05, 0.1) is 17.6 Å². The Labute approximate surface area is 131 Å². The highest BCUT2D eigenvalue weighted by Crippen LogP contribution is 2.12. The third-order valence-electron chi connectivity index (χ3n) is 2.76.